The molecule has 0 radical (unpaired) electrons. The van der Waals surface area contributed by atoms with Crippen LogP contribution < -0.4 is 5.32 Å². The van der Waals surface area contributed by atoms with Crippen LogP contribution in [0.4, 0.5) is 5.69 Å². The molecule has 2 aliphatic heterocycles. The zero-order valence-electron chi connectivity index (χ0n) is 12.2. The molecule has 1 aromatic carbocycles. The number of nitrogens with zero attached hydrogens (tertiary/aromatic N) is 4. The Hall–Kier alpha value is -1.88. The van der Waals surface area contributed by atoms with Crippen LogP contribution in [0, 0.1) is 0 Å². The van der Waals surface area contributed by atoms with E-state index in [1.54, 1.807) is 17.3 Å². The molecule has 21 heavy (non-hydrogen) atoms. The van der Waals surface area contributed by atoms with Crippen LogP contribution >= 0.6 is 0 Å². The molecule has 2 aromatic rings. The second-order valence-corrected chi connectivity index (χ2v) is 6.08. The van der Waals surface area contributed by atoms with Gasteiger partial charge >= 0.3 is 0 Å². The first-order chi connectivity index (χ1) is 10.4. The van der Waals surface area contributed by atoms with E-state index in [2.05, 4.69) is 44.6 Å². The first-order valence-corrected chi connectivity index (χ1v) is 7.84. The van der Waals surface area contributed by atoms with Crippen LogP contribution in [0.15, 0.2) is 36.9 Å². The van der Waals surface area contributed by atoms with E-state index in [-0.39, 0.29) is 0 Å². The minimum atomic E-state index is 0.613. The van der Waals surface area contributed by atoms with E-state index in [1.165, 1.54) is 44.5 Å². The summed E-state index contributed by atoms with van der Waals surface area (Å²) < 4.78 is 1.78. The summed E-state index contributed by atoms with van der Waals surface area (Å²) in [6.45, 7) is 2.56. The topological polar surface area (TPSA) is 46.0 Å². The van der Waals surface area contributed by atoms with Gasteiger partial charge in [0.15, 0.2) is 0 Å². The van der Waals surface area contributed by atoms with Gasteiger partial charge < -0.3 is 10.2 Å². The molecular weight excluding hydrogens is 262 g/mol. The van der Waals surface area contributed by atoms with Gasteiger partial charge in [0.2, 0.25) is 0 Å². The molecule has 110 valence electrons. The Bertz CT molecular complexity index is 577. The average molecular weight is 283 g/mol. The first-order valence-electron chi connectivity index (χ1n) is 7.84. The fourth-order valence-electron chi connectivity index (χ4n) is 3.64. The van der Waals surface area contributed by atoms with Crippen molar-refractivity contribution >= 4 is 5.69 Å². The molecule has 4 rings (SSSR count). The lowest BCUT2D eigenvalue weighted by atomic mass is 9.97. The lowest BCUT2D eigenvalue weighted by Crippen LogP contribution is -2.42. The Kier molecular flexibility index (Phi) is 3.35. The van der Waals surface area contributed by atoms with Crippen LogP contribution in [-0.4, -0.2) is 44.8 Å². The standard InChI is InChI=1S/C16H21N5/c1-2-16-10-14(7-9-20(16)8-1)19-13-3-5-15(6-4-13)21-12-17-11-18-21/h3-6,11-12,14,16,19H,1-2,7-10H2. The van der Waals surface area contributed by atoms with Crippen molar-refractivity contribution in [1.29, 1.82) is 0 Å². The van der Waals surface area contributed by atoms with Gasteiger partial charge in [0.05, 0.1) is 5.69 Å². The molecule has 0 amide bonds. The van der Waals surface area contributed by atoms with Crippen LogP contribution in [0.25, 0.3) is 5.69 Å². The molecule has 0 bridgehead atoms. The van der Waals surface area contributed by atoms with Gasteiger partial charge in [-0.2, -0.15) is 5.10 Å². The van der Waals surface area contributed by atoms with E-state index in [0.717, 1.165) is 11.7 Å². The Morgan fingerprint density at radius 2 is 2.00 bits per heavy atom. The zero-order chi connectivity index (χ0) is 14.1. The molecule has 2 atom stereocenters. The number of hydrogen-bond acceptors (Lipinski definition) is 4. The Morgan fingerprint density at radius 3 is 2.81 bits per heavy atom. The molecule has 0 saturated carbocycles. The van der Waals surface area contributed by atoms with Gasteiger partial charge in [0.1, 0.15) is 12.7 Å². The van der Waals surface area contributed by atoms with Gasteiger partial charge in [-0.25, -0.2) is 9.67 Å². The maximum atomic E-state index is 4.15. The largest absolute Gasteiger partial charge is 0.382 e. The average Bonchev–Trinajstić information content (AvgIpc) is 3.19. The number of aromatic nitrogens is 3. The van der Waals surface area contributed by atoms with E-state index in [0.29, 0.717) is 6.04 Å². The summed E-state index contributed by atoms with van der Waals surface area (Å²) in [5.74, 6) is 0. The molecule has 2 fully saturated rings. The van der Waals surface area contributed by atoms with E-state index in [4.69, 9.17) is 0 Å². The summed E-state index contributed by atoms with van der Waals surface area (Å²) in [5.41, 5.74) is 2.25. The van der Waals surface area contributed by atoms with Crippen molar-refractivity contribution in [1.82, 2.24) is 19.7 Å². The maximum Gasteiger partial charge on any atom is 0.138 e. The van der Waals surface area contributed by atoms with Gasteiger partial charge in [-0.05, 0) is 56.5 Å². The van der Waals surface area contributed by atoms with Crippen molar-refractivity contribution in [2.75, 3.05) is 18.4 Å². The number of anilines is 1. The quantitative estimate of drug-likeness (QED) is 0.939. The third kappa shape index (κ3) is 2.65. The highest BCUT2D eigenvalue weighted by Crippen LogP contribution is 2.28. The third-order valence-electron chi connectivity index (χ3n) is 4.74. The van der Waals surface area contributed by atoms with Crippen molar-refractivity contribution in [3.05, 3.63) is 36.9 Å². The highest BCUT2D eigenvalue weighted by molar-refractivity contribution is 5.49. The van der Waals surface area contributed by atoms with Crippen LogP contribution in [0.5, 0.6) is 0 Å². The Labute approximate surface area is 125 Å². The summed E-state index contributed by atoms with van der Waals surface area (Å²) >= 11 is 0. The number of fused-ring (bicyclic) bond motifs is 1. The smallest absolute Gasteiger partial charge is 0.138 e. The SMILES string of the molecule is c1ncn(-c2ccc(NC3CCN4CCCC4C3)cc2)n1. The molecule has 2 saturated heterocycles. The van der Waals surface area contributed by atoms with Crippen LogP contribution in [0.1, 0.15) is 25.7 Å². The van der Waals surface area contributed by atoms with Gasteiger partial charge in [-0.3, -0.25) is 0 Å². The molecule has 2 aliphatic rings. The second kappa shape index (κ2) is 5.48. The molecule has 1 N–H and O–H groups in total. The number of rotatable bonds is 3. The first kappa shape index (κ1) is 12.8. The Balaban J connectivity index is 1.41. The van der Waals surface area contributed by atoms with Crippen molar-refractivity contribution in [2.45, 2.75) is 37.8 Å². The van der Waals surface area contributed by atoms with Crippen LogP contribution in [0.2, 0.25) is 0 Å². The molecular formula is C16H21N5. The second-order valence-electron chi connectivity index (χ2n) is 6.08. The number of piperidine rings is 1. The molecule has 3 heterocycles. The van der Waals surface area contributed by atoms with E-state index in [9.17, 15) is 0 Å². The molecule has 0 aliphatic carbocycles. The van der Waals surface area contributed by atoms with E-state index < -0.39 is 0 Å². The van der Waals surface area contributed by atoms with Gasteiger partial charge in [-0.1, -0.05) is 0 Å². The zero-order valence-corrected chi connectivity index (χ0v) is 12.2. The molecule has 1 aromatic heterocycles. The number of benzene rings is 1. The lowest BCUT2D eigenvalue weighted by Gasteiger charge is -2.35. The summed E-state index contributed by atoms with van der Waals surface area (Å²) in [7, 11) is 0. The van der Waals surface area contributed by atoms with Gasteiger partial charge in [-0.15, -0.1) is 0 Å². The molecule has 2 unspecified atom stereocenters. The number of nitrogens with one attached hydrogen (secondary N) is 1. The van der Waals surface area contributed by atoms with Crippen LogP contribution in [-0.2, 0) is 0 Å². The number of hydrogen-bond donors (Lipinski definition) is 1. The summed E-state index contributed by atoms with van der Waals surface area (Å²) in [4.78, 5) is 6.64. The van der Waals surface area contributed by atoms with Crippen molar-refractivity contribution in [3.63, 3.8) is 0 Å². The van der Waals surface area contributed by atoms with E-state index in [1.807, 2.05) is 0 Å². The highest BCUT2D eigenvalue weighted by atomic mass is 15.3. The third-order valence-corrected chi connectivity index (χ3v) is 4.74. The molecule has 5 nitrogen and oxygen atoms in total. The summed E-state index contributed by atoms with van der Waals surface area (Å²) in [6, 6.07) is 9.87. The van der Waals surface area contributed by atoms with Gasteiger partial charge in [0.25, 0.3) is 0 Å². The van der Waals surface area contributed by atoms with Crippen molar-refractivity contribution < 1.29 is 0 Å². The monoisotopic (exact) mass is 283 g/mol. The predicted molar refractivity (Wildman–Crippen MR) is 82.6 cm³/mol. The fourth-order valence-corrected chi connectivity index (χ4v) is 3.64. The van der Waals surface area contributed by atoms with Crippen LogP contribution in [0.3, 0.4) is 0 Å². The van der Waals surface area contributed by atoms with Crippen molar-refractivity contribution in [2.24, 2.45) is 0 Å². The maximum absolute atomic E-state index is 4.15. The van der Waals surface area contributed by atoms with Gasteiger partial charge in [0, 0.05) is 24.3 Å². The lowest BCUT2D eigenvalue weighted by molar-refractivity contribution is 0.188. The van der Waals surface area contributed by atoms with Crippen molar-refractivity contribution in [3.8, 4) is 5.69 Å². The fraction of sp³-hybridized carbons (Fsp3) is 0.500. The molecule has 0 spiro atoms. The van der Waals surface area contributed by atoms with E-state index >= 15 is 0 Å². The molecule has 5 heteroatoms. The summed E-state index contributed by atoms with van der Waals surface area (Å²) in [5, 5.41) is 7.84. The summed E-state index contributed by atoms with van der Waals surface area (Å²) in [6.07, 6.45) is 8.57. The highest BCUT2D eigenvalue weighted by Gasteiger charge is 2.31. The minimum absolute atomic E-state index is 0.613. The normalized spacial score (nSPS) is 25.7. The minimum Gasteiger partial charge on any atom is -0.382 e. The predicted octanol–water partition coefficient (Wildman–Crippen LogP) is 2.31. The Morgan fingerprint density at radius 1 is 1.10 bits per heavy atom.